The summed E-state index contributed by atoms with van der Waals surface area (Å²) in [7, 11) is 0. The number of aliphatic hydroxyl groups is 1. The van der Waals surface area contributed by atoms with Gasteiger partial charge in [0.05, 0.1) is 6.10 Å². The molecule has 0 spiro atoms. The maximum atomic E-state index is 13.6. The van der Waals surface area contributed by atoms with E-state index in [9.17, 15) is 14.7 Å². The van der Waals surface area contributed by atoms with Crippen LogP contribution in [0.5, 0.6) is 0 Å². The molecule has 2 amide bonds. The maximum Gasteiger partial charge on any atom is 0.243 e. The predicted octanol–water partition coefficient (Wildman–Crippen LogP) is 5.94. The van der Waals surface area contributed by atoms with Crippen molar-refractivity contribution in [2.24, 2.45) is 5.92 Å². The number of aliphatic hydroxyl groups excluding tert-OH is 1. The van der Waals surface area contributed by atoms with Crippen LogP contribution in [0.2, 0.25) is 0 Å². The lowest BCUT2D eigenvalue weighted by Crippen LogP contribution is -2.54. The minimum Gasteiger partial charge on any atom is -0.391 e. The molecule has 0 aromatic heterocycles. The summed E-state index contributed by atoms with van der Waals surface area (Å²) < 4.78 is 0. The molecule has 0 fully saturated rings. The highest BCUT2D eigenvalue weighted by atomic mass is 16.3. The Labute approximate surface area is 268 Å². The molecule has 0 saturated heterocycles. The Balaban J connectivity index is 1.66. The monoisotopic (exact) mass is 605 g/mol. The molecule has 0 aliphatic heterocycles. The van der Waals surface area contributed by atoms with Gasteiger partial charge in [-0.15, -0.1) is 0 Å². The number of hydrogen-bond acceptors (Lipinski definition) is 4. The number of carbonyl (C=O) groups excluding carboxylic acids is 2. The third kappa shape index (κ3) is 11.0. The standard InChI is InChI=1S/C39H47N3O3/c1-29(2)38(40-30(3)43)39(45)41-35(24-31-16-8-4-9-17-31)26-37(44)36(25-32-18-10-5-11-19-32)42(27-33-20-12-6-13-21-33)28-34-22-14-7-15-23-34/h4-23,29,35-38,44H,24-28H2,1-3H3,(H,40,43)(H,41,45)/t35-,36-,37-,38-/m0/s1. The van der Waals surface area contributed by atoms with Crippen molar-refractivity contribution in [3.05, 3.63) is 144 Å². The number of nitrogens with zero attached hydrogens (tertiary/aromatic N) is 1. The second kappa shape index (κ2) is 17.3. The van der Waals surface area contributed by atoms with Crippen molar-refractivity contribution >= 4 is 11.8 Å². The molecule has 0 unspecified atom stereocenters. The summed E-state index contributed by atoms with van der Waals surface area (Å²) in [5, 5.41) is 18.2. The Morgan fingerprint density at radius 1 is 0.644 bits per heavy atom. The van der Waals surface area contributed by atoms with E-state index in [0.717, 1.165) is 11.1 Å². The van der Waals surface area contributed by atoms with E-state index >= 15 is 0 Å². The molecule has 4 aromatic rings. The number of rotatable bonds is 16. The molecule has 4 rings (SSSR count). The smallest absolute Gasteiger partial charge is 0.243 e. The number of benzene rings is 4. The highest BCUT2D eigenvalue weighted by Crippen LogP contribution is 2.23. The van der Waals surface area contributed by atoms with Crippen molar-refractivity contribution in [3.8, 4) is 0 Å². The van der Waals surface area contributed by atoms with E-state index in [1.165, 1.54) is 18.1 Å². The maximum absolute atomic E-state index is 13.6. The summed E-state index contributed by atoms with van der Waals surface area (Å²) in [5.74, 6) is -0.573. The van der Waals surface area contributed by atoms with Crippen LogP contribution in [0.4, 0.5) is 0 Å². The zero-order valence-electron chi connectivity index (χ0n) is 26.7. The van der Waals surface area contributed by atoms with E-state index < -0.39 is 12.1 Å². The van der Waals surface area contributed by atoms with Crippen molar-refractivity contribution in [1.29, 1.82) is 0 Å². The fourth-order valence-corrected chi connectivity index (χ4v) is 5.88. The first kappa shape index (κ1) is 33.6. The van der Waals surface area contributed by atoms with Gasteiger partial charge in [0.25, 0.3) is 0 Å². The van der Waals surface area contributed by atoms with Gasteiger partial charge in [-0.25, -0.2) is 0 Å². The van der Waals surface area contributed by atoms with E-state index in [-0.39, 0.29) is 29.8 Å². The predicted molar refractivity (Wildman–Crippen MR) is 181 cm³/mol. The van der Waals surface area contributed by atoms with Gasteiger partial charge in [0.1, 0.15) is 6.04 Å². The van der Waals surface area contributed by atoms with Crippen LogP contribution >= 0.6 is 0 Å². The van der Waals surface area contributed by atoms with Gasteiger partial charge < -0.3 is 15.7 Å². The fourth-order valence-electron chi connectivity index (χ4n) is 5.88. The highest BCUT2D eigenvalue weighted by Gasteiger charge is 2.31. The van der Waals surface area contributed by atoms with Crippen LogP contribution in [0.15, 0.2) is 121 Å². The third-order valence-electron chi connectivity index (χ3n) is 8.16. The number of amides is 2. The summed E-state index contributed by atoms with van der Waals surface area (Å²) >= 11 is 0. The second-order valence-electron chi connectivity index (χ2n) is 12.3. The first-order chi connectivity index (χ1) is 21.8. The van der Waals surface area contributed by atoms with Crippen LogP contribution in [0.25, 0.3) is 0 Å². The van der Waals surface area contributed by atoms with Gasteiger partial charge in [0.15, 0.2) is 0 Å². The van der Waals surface area contributed by atoms with Gasteiger partial charge in [-0.1, -0.05) is 135 Å². The lowest BCUT2D eigenvalue weighted by atomic mass is 9.91. The summed E-state index contributed by atoms with van der Waals surface area (Å²) in [6, 6.07) is 39.8. The Bertz CT molecular complexity index is 1390. The number of carbonyl (C=O) groups is 2. The molecule has 0 aliphatic carbocycles. The molecule has 6 heteroatoms. The molecule has 4 aromatic carbocycles. The lowest BCUT2D eigenvalue weighted by Gasteiger charge is -2.37. The first-order valence-corrected chi connectivity index (χ1v) is 15.9. The Kier molecular flexibility index (Phi) is 12.9. The normalized spacial score (nSPS) is 14.0. The minimum atomic E-state index is -0.759. The average Bonchev–Trinajstić information content (AvgIpc) is 3.04. The van der Waals surface area contributed by atoms with Gasteiger partial charge in [0, 0.05) is 32.1 Å². The van der Waals surface area contributed by atoms with Gasteiger partial charge in [-0.05, 0) is 47.4 Å². The van der Waals surface area contributed by atoms with Crippen LogP contribution in [0.1, 0.15) is 49.4 Å². The van der Waals surface area contributed by atoms with Crippen LogP contribution in [-0.4, -0.2) is 46.1 Å². The van der Waals surface area contributed by atoms with Crippen molar-refractivity contribution in [2.75, 3.05) is 0 Å². The molecular formula is C39H47N3O3. The highest BCUT2D eigenvalue weighted by molar-refractivity contribution is 5.87. The Hall–Kier alpha value is -4.26. The quantitative estimate of drug-likeness (QED) is 0.148. The second-order valence-corrected chi connectivity index (χ2v) is 12.3. The van der Waals surface area contributed by atoms with Gasteiger partial charge in [0.2, 0.25) is 11.8 Å². The van der Waals surface area contributed by atoms with Crippen molar-refractivity contribution in [3.63, 3.8) is 0 Å². The van der Waals surface area contributed by atoms with E-state index in [2.05, 4.69) is 51.9 Å². The summed E-state index contributed by atoms with van der Waals surface area (Å²) in [6.07, 6.45) is 0.797. The lowest BCUT2D eigenvalue weighted by molar-refractivity contribution is -0.129. The molecule has 4 atom stereocenters. The van der Waals surface area contributed by atoms with Crippen molar-refractivity contribution in [1.82, 2.24) is 15.5 Å². The SMILES string of the molecule is CC(=O)N[C@H](C(=O)N[C@@H](Cc1ccccc1)C[C@H](O)[C@H](Cc1ccccc1)N(Cc1ccccc1)Cc1ccccc1)C(C)C. The van der Waals surface area contributed by atoms with Crippen LogP contribution < -0.4 is 10.6 Å². The molecule has 3 N–H and O–H groups in total. The zero-order valence-corrected chi connectivity index (χ0v) is 26.7. The Morgan fingerprint density at radius 2 is 1.07 bits per heavy atom. The molecule has 236 valence electrons. The van der Waals surface area contributed by atoms with Gasteiger partial charge in [-0.2, -0.15) is 0 Å². The van der Waals surface area contributed by atoms with E-state index in [1.54, 1.807) is 0 Å². The third-order valence-corrected chi connectivity index (χ3v) is 8.16. The summed E-state index contributed by atoms with van der Waals surface area (Å²) in [4.78, 5) is 27.8. The summed E-state index contributed by atoms with van der Waals surface area (Å²) in [6.45, 7) is 6.59. The number of nitrogens with one attached hydrogen (secondary N) is 2. The van der Waals surface area contributed by atoms with Crippen molar-refractivity contribution < 1.29 is 14.7 Å². The Morgan fingerprint density at radius 3 is 1.49 bits per heavy atom. The average molecular weight is 606 g/mol. The van der Waals surface area contributed by atoms with Crippen LogP contribution in [0, 0.1) is 5.92 Å². The fraction of sp³-hybridized carbons (Fsp3) is 0.333. The van der Waals surface area contributed by atoms with E-state index in [1.807, 2.05) is 98.8 Å². The first-order valence-electron chi connectivity index (χ1n) is 15.9. The van der Waals surface area contributed by atoms with E-state index in [4.69, 9.17) is 0 Å². The topological polar surface area (TPSA) is 81.7 Å². The summed E-state index contributed by atoms with van der Waals surface area (Å²) in [5.41, 5.74) is 4.55. The molecule has 0 saturated carbocycles. The molecule has 45 heavy (non-hydrogen) atoms. The number of hydrogen-bond donors (Lipinski definition) is 3. The van der Waals surface area contributed by atoms with Crippen LogP contribution in [0.3, 0.4) is 0 Å². The molecule has 6 nitrogen and oxygen atoms in total. The van der Waals surface area contributed by atoms with E-state index in [0.29, 0.717) is 32.4 Å². The molecule has 0 aliphatic rings. The minimum absolute atomic E-state index is 0.0886. The van der Waals surface area contributed by atoms with Crippen molar-refractivity contribution in [2.45, 2.75) is 77.4 Å². The van der Waals surface area contributed by atoms with Gasteiger partial charge >= 0.3 is 0 Å². The molecule has 0 heterocycles. The van der Waals surface area contributed by atoms with Crippen LogP contribution in [-0.2, 0) is 35.5 Å². The molecule has 0 bridgehead atoms. The zero-order chi connectivity index (χ0) is 32.0. The largest absolute Gasteiger partial charge is 0.391 e. The molecular weight excluding hydrogens is 558 g/mol. The van der Waals surface area contributed by atoms with Gasteiger partial charge in [-0.3, -0.25) is 14.5 Å². The molecule has 0 radical (unpaired) electrons.